The van der Waals surface area contributed by atoms with Crippen molar-refractivity contribution >= 4 is 0 Å². The molecule has 1 heterocycles. The molecule has 0 N–H and O–H groups in total. The van der Waals surface area contributed by atoms with E-state index in [2.05, 4.69) is 48.2 Å². The number of morpholine rings is 1. The van der Waals surface area contributed by atoms with Crippen LogP contribution in [0, 0.1) is 0 Å². The molecule has 4 heteroatoms. The van der Waals surface area contributed by atoms with Crippen molar-refractivity contribution in [1.82, 2.24) is 9.80 Å². The summed E-state index contributed by atoms with van der Waals surface area (Å²) >= 11 is 0. The second-order valence-electron chi connectivity index (χ2n) is 6.17. The Morgan fingerprint density at radius 3 is 2.68 bits per heavy atom. The molecule has 0 radical (unpaired) electrons. The molecule has 0 amide bonds. The maximum Gasteiger partial charge on any atom is 0.122 e. The molecular weight excluding hydrogens is 276 g/mol. The summed E-state index contributed by atoms with van der Waals surface area (Å²) in [6.45, 7) is 6.87. The lowest BCUT2D eigenvalue weighted by atomic mass is 10.1. The molecule has 1 saturated heterocycles. The van der Waals surface area contributed by atoms with Crippen molar-refractivity contribution in [2.75, 3.05) is 60.1 Å². The van der Waals surface area contributed by atoms with E-state index < -0.39 is 0 Å². The zero-order chi connectivity index (χ0) is 15.6. The highest BCUT2D eigenvalue weighted by Crippen LogP contribution is 2.19. The van der Waals surface area contributed by atoms with Crippen molar-refractivity contribution in [3.63, 3.8) is 0 Å². The molecule has 0 saturated carbocycles. The predicted molar refractivity (Wildman–Crippen MR) is 90.7 cm³/mol. The van der Waals surface area contributed by atoms with Gasteiger partial charge in [-0.3, -0.25) is 4.90 Å². The summed E-state index contributed by atoms with van der Waals surface area (Å²) in [6, 6.07) is 8.45. The van der Waals surface area contributed by atoms with Crippen molar-refractivity contribution in [3.05, 3.63) is 29.8 Å². The first-order valence-electron chi connectivity index (χ1n) is 8.41. The number of para-hydroxylation sites is 1. The molecule has 0 unspecified atom stereocenters. The molecule has 1 fully saturated rings. The molecule has 0 bridgehead atoms. The van der Waals surface area contributed by atoms with Crippen LogP contribution in [0.25, 0.3) is 0 Å². The SMILES string of the molecule is CN(C)CCCc1ccccc1OCCCN1CCOCC1. The summed E-state index contributed by atoms with van der Waals surface area (Å²) in [5.74, 6) is 1.06. The highest BCUT2D eigenvalue weighted by atomic mass is 16.5. The van der Waals surface area contributed by atoms with E-state index in [9.17, 15) is 0 Å². The highest BCUT2D eigenvalue weighted by molar-refractivity contribution is 5.33. The Hall–Kier alpha value is -1.10. The van der Waals surface area contributed by atoms with E-state index in [1.807, 2.05) is 0 Å². The van der Waals surface area contributed by atoms with Gasteiger partial charge in [0.1, 0.15) is 5.75 Å². The number of hydrogen-bond acceptors (Lipinski definition) is 4. The van der Waals surface area contributed by atoms with Crippen LogP contribution >= 0.6 is 0 Å². The Bertz CT molecular complexity index is 417. The largest absolute Gasteiger partial charge is 0.493 e. The van der Waals surface area contributed by atoms with Crippen molar-refractivity contribution < 1.29 is 9.47 Å². The van der Waals surface area contributed by atoms with Crippen molar-refractivity contribution in [2.24, 2.45) is 0 Å². The van der Waals surface area contributed by atoms with Crippen molar-refractivity contribution in [3.8, 4) is 5.75 Å². The topological polar surface area (TPSA) is 24.9 Å². The summed E-state index contributed by atoms with van der Waals surface area (Å²) in [5.41, 5.74) is 1.33. The fourth-order valence-electron chi connectivity index (χ4n) is 2.73. The fourth-order valence-corrected chi connectivity index (χ4v) is 2.73. The first-order valence-corrected chi connectivity index (χ1v) is 8.41. The minimum Gasteiger partial charge on any atom is -0.493 e. The van der Waals surface area contributed by atoms with Gasteiger partial charge in [-0.25, -0.2) is 0 Å². The Morgan fingerprint density at radius 1 is 1.14 bits per heavy atom. The van der Waals surface area contributed by atoms with Gasteiger partial charge < -0.3 is 14.4 Å². The maximum atomic E-state index is 6.01. The molecule has 124 valence electrons. The Morgan fingerprint density at radius 2 is 1.91 bits per heavy atom. The van der Waals surface area contributed by atoms with Crippen LogP contribution in [0.5, 0.6) is 5.75 Å². The van der Waals surface area contributed by atoms with Gasteiger partial charge in [-0.15, -0.1) is 0 Å². The normalized spacial score (nSPS) is 16.1. The molecule has 1 aliphatic rings. The van der Waals surface area contributed by atoms with Crippen LogP contribution in [0.15, 0.2) is 24.3 Å². The average Bonchev–Trinajstić information content (AvgIpc) is 2.53. The van der Waals surface area contributed by atoms with E-state index >= 15 is 0 Å². The van der Waals surface area contributed by atoms with Crippen LogP contribution in [0.2, 0.25) is 0 Å². The summed E-state index contributed by atoms with van der Waals surface area (Å²) in [6.07, 6.45) is 3.32. The lowest BCUT2D eigenvalue weighted by molar-refractivity contribution is 0.0358. The predicted octanol–water partition coefficient (Wildman–Crippen LogP) is 2.28. The monoisotopic (exact) mass is 306 g/mol. The van der Waals surface area contributed by atoms with Crippen LogP contribution in [-0.4, -0.2) is 69.9 Å². The van der Waals surface area contributed by atoms with Crippen LogP contribution in [0.3, 0.4) is 0 Å². The molecule has 1 aliphatic heterocycles. The second kappa shape index (κ2) is 9.82. The number of nitrogens with zero attached hydrogens (tertiary/aromatic N) is 2. The number of benzene rings is 1. The van der Waals surface area contributed by atoms with Crippen molar-refractivity contribution in [1.29, 1.82) is 0 Å². The summed E-state index contributed by atoms with van der Waals surface area (Å²) < 4.78 is 11.4. The van der Waals surface area contributed by atoms with E-state index in [0.717, 1.165) is 64.6 Å². The van der Waals surface area contributed by atoms with Crippen LogP contribution in [-0.2, 0) is 11.2 Å². The van der Waals surface area contributed by atoms with Crippen LogP contribution < -0.4 is 4.74 Å². The van der Waals surface area contributed by atoms with Gasteiger partial charge in [-0.05, 0) is 51.5 Å². The molecular formula is C18H30N2O2. The Kier molecular flexibility index (Phi) is 7.71. The van der Waals surface area contributed by atoms with E-state index in [-0.39, 0.29) is 0 Å². The van der Waals surface area contributed by atoms with Gasteiger partial charge in [-0.1, -0.05) is 18.2 Å². The van der Waals surface area contributed by atoms with E-state index in [1.54, 1.807) is 0 Å². The van der Waals surface area contributed by atoms with Gasteiger partial charge in [0, 0.05) is 19.6 Å². The van der Waals surface area contributed by atoms with E-state index in [0.29, 0.717) is 0 Å². The quantitative estimate of drug-likeness (QED) is 0.654. The first-order chi connectivity index (χ1) is 10.8. The number of hydrogen-bond donors (Lipinski definition) is 0. The summed E-state index contributed by atoms with van der Waals surface area (Å²) in [7, 11) is 4.24. The third-order valence-electron chi connectivity index (χ3n) is 4.00. The average molecular weight is 306 g/mol. The molecule has 2 rings (SSSR count). The van der Waals surface area contributed by atoms with Crippen LogP contribution in [0.4, 0.5) is 0 Å². The molecule has 0 aliphatic carbocycles. The first kappa shape index (κ1) is 17.3. The summed E-state index contributed by atoms with van der Waals surface area (Å²) in [4.78, 5) is 4.68. The van der Waals surface area contributed by atoms with Gasteiger partial charge in [0.25, 0.3) is 0 Å². The zero-order valence-corrected chi connectivity index (χ0v) is 14.1. The lowest BCUT2D eigenvalue weighted by Crippen LogP contribution is -2.37. The van der Waals surface area contributed by atoms with E-state index in [1.165, 1.54) is 12.0 Å². The number of ether oxygens (including phenoxy) is 2. The minimum absolute atomic E-state index is 0.794. The molecule has 1 aromatic carbocycles. The van der Waals surface area contributed by atoms with Gasteiger partial charge in [0.2, 0.25) is 0 Å². The molecule has 1 aromatic rings. The Labute approximate surface area is 135 Å². The lowest BCUT2D eigenvalue weighted by Gasteiger charge is -2.26. The zero-order valence-electron chi connectivity index (χ0n) is 14.1. The van der Waals surface area contributed by atoms with Gasteiger partial charge >= 0.3 is 0 Å². The molecule has 4 nitrogen and oxygen atoms in total. The van der Waals surface area contributed by atoms with Crippen molar-refractivity contribution in [2.45, 2.75) is 19.3 Å². The summed E-state index contributed by atoms with van der Waals surface area (Å²) in [5, 5.41) is 0. The Balaban J connectivity index is 1.69. The number of aryl methyl sites for hydroxylation is 1. The third-order valence-corrected chi connectivity index (χ3v) is 4.00. The molecule has 22 heavy (non-hydrogen) atoms. The van der Waals surface area contributed by atoms with Gasteiger partial charge in [-0.2, -0.15) is 0 Å². The van der Waals surface area contributed by atoms with Gasteiger partial charge in [0.05, 0.1) is 19.8 Å². The fraction of sp³-hybridized carbons (Fsp3) is 0.667. The minimum atomic E-state index is 0.794. The second-order valence-corrected chi connectivity index (χ2v) is 6.17. The van der Waals surface area contributed by atoms with E-state index in [4.69, 9.17) is 9.47 Å². The maximum absolute atomic E-state index is 6.01. The standard InChI is InChI=1S/C18H30N2O2/c1-19(2)10-5-8-17-7-3-4-9-18(17)22-14-6-11-20-12-15-21-16-13-20/h3-4,7,9H,5-6,8,10-16H2,1-2H3. The smallest absolute Gasteiger partial charge is 0.122 e. The number of rotatable bonds is 9. The van der Waals surface area contributed by atoms with Crippen LogP contribution in [0.1, 0.15) is 18.4 Å². The van der Waals surface area contributed by atoms with Gasteiger partial charge in [0.15, 0.2) is 0 Å². The molecule has 0 atom stereocenters. The highest BCUT2D eigenvalue weighted by Gasteiger charge is 2.09. The molecule has 0 spiro atoms. The molecule has 0 aromatic heterocycles. The third kappa shape index (κ3) is 6.34.